The highest BCUT2D eigenvalue weighted by molar-refractivity contribution is 6.08. The Morgan fingerprint density at radius 3 is 2.23 bits per heavy atom. The Morgan fingerprint density at radius 1 is 1.00 bits per heavy atom. The molecule has 12 heteroatoms. The number of piperazine rings is 1. The maximum Gasteiger partial charge on any atom is 0.490 e. The largest absolute Gasteiger partial charge is 0.490 e. The van der Waals surface area contributed by atoms with Crippen molar-refractivity contribution in [1.29, 1.82) is 0 Å². The van der Waals surface area contributed by atoms with Crippen LogP contribution in [0.3, 0.4) is 0 Å². The molecule has 0 unspecified atom stereocenters. The number of carboxylic acids is 1. The molecule has 2 aromatic carbocycles. The number of nitrogens with zero attached hydrogens (tertiary/aromatic N) is 3. The van der Waals surface area contributed by atoms with Gasteiger partial charge < -0.3 is 20.2 Å². The molecule has 0 radical (unpaired) electrons. The van der Waals surface area contributed by atoms with Crippen LogP contribution in [0.2, 0.25) is 0 Å². The molecule has 1 aliphatic heterocycles. The monoisotopic (exact) mass is 498 g/mol. The third-order valence-electron chi connectivity index (χ3n) is 5.43. The van der Waals surface area contributed by atoms with Gasteiger partial charge in [0.15, 0.2) is 0 Å². The highest BCUT2D eigenvalue weighted by Crippen LogP contribution is 2.27. The molecule has 1 aromatic heterocycles. The number of para-hydroxylation sites is 1. The van der Waals surface area contributed by atoms with Gasteiger partial charge in [-0.25, -0.2) is 4.79 Å². The number of nitrogens with one attached hydrogen (secondary N) is 1. The lowest BCUT2D eigenvalue weighted by Crippen LogP contribution is -2.45. The fourth-order valence-electron chi connectivity index (χ4n) is 3.58. The molecule has 0 atom stereocenters. The zero-order chi connectivity index (χ0) is 25.8. The van der Waals surface area contributed by atoms with Gasteiger partial charge in [-0.05, 0) is 42.8 Å². The van der Waals surface area contributed by atoms with Gasteiger partial charge in [0.1, 0.15) is 0 Å². The Balaban J connectivity index is 0.000000429. The second kappa shape index (κ2) is 10.7. The number of carbonyl (C=O) groups excluding carboxylic acids is 1. The molecule has 1 saturated heterocycles. The number of aliphatic carboxylic acids is 1. The zero-order valence-electron chi connectivity index (χ0n) is 18.6. The van der Waals surface area contributed by atoms with Gasteiger partial charge in [-0.1, -0.05) is 18.2 Å². The van der Waals surface area contributed by atoms with Crippen LogP contribution in [0, 0.1) is 0 Å². The van der Waals surface area contributed by atoms with Gasteiger partial charge in [0, 0.05) is 43.8 Å². The molecule has 1 aliphatic rings. The quantitative estimate of drug-likeness (QED) is 0.511. The van der Waals surface area contributed by atoms with Gasteiger partial charge >= 0.3 is 18.7 Å². The number of rotatable bonds is 4. The van der Waals surface area contributed by atoms with E-state index >= 15 is 0 Å². The first-order valence-corrected chi connectivity index (χ1v) is 10.5. The first-order valence-electron chi connectivity index (χ1n) is 10.5. The minimum atomic E-state index is -5.08. The van der Waals surface area contributed by atoms with E-state index in [1.165, 1.54) is 6.20 Å². The van der Waals surface area contributed by atoms with Crippen LogP contribution in [0.5, 0.6) is 0 Å². The summed E-state index contributed by atoms with van der Waals surface area (Å²) in [5.74, 6) is -3.00. The van der Waals surface area contributed by atoms with Gasteiger partial charge in [-0.15, -0.1) is 0 Å². The molecule has 0 bridgehead atoms. The third-order valence-corrected chi connectivity index (χ3v) is 5.43. The molecule has 1 fully saturated rings. The summed E-state index contributed by atoms with van der Waals surface area (Å²) < 4.78 is 58.9. The van der Waals surface area contributed by atoms with Crippen LogP contribution in [0.25, 0.3) is 10.9 Å². The number of amides is 1. The first kappa shape index (κ1) is 25.9. The second-order valence-corrected chi connectivity index (χ2v) is 7.84. The Morgan fingerprint density at radius 2 is 1.63 bits per heavy atom. The number of halogens is 5. The molecule has 2 heterocycles. The lowest BCUT2D eigenvalue weighted by molar-refractivity contribution is -0.192. The van der Waals surface area contributed by atoms with E-state index in [1.807, 2.05) is 18.2 Å². The summed E-state index contributed by atoms with van der Waals surface area (Å²) in [5.41, 5.74) is 2.35. The van der Waals surface area contributed by atoms with Crippen molar-refractivity contribution in [3.05, 3.63) is 60.3 Å². The first-order chi connectivity index (χ1) is 16.5. The molecule has 0 spiro atoms. The van der Waals surface area contributed by atoms with Crippen molar-refractivity contribution < 1.29 is 36.6 Å². The maximum absolute atomic E-state index is 13.1. The predicted octanol–water partition coefficient (Wildman–Crippen LogP) is 4.67. The Labute approximate surface area is 197 Å². The molecular weight excluding hydrogens is 475 g/mol. The van der Waals surface area contributed by atoms with Gasteiger partial charge in [0.2, 0.25) is 0 Å². The molecule has 1 amide bonds. The maximum atomic E-state index is 13.1. The SMILES string of the molecule is CN1CCN(c2ccccc2C(=O)Nc2ccc3ccn(C(F)F)c3c2)CC1.O=C(O)C(F)(F)F. The Hall–Kier alpha value is -3.67. The number of benzene rings is 2. The van der Waals surface area contributed by atoms with E-state index in [1.54, 1.807) is 30.3 Å². The molecule has 3 aromatic rings. The molecule has 35 heavy (non-hydrogen) atoms. The summed E-state index contributed by atoms with van der Waals surface area (Å²) in [6, 6.07) is 14.2. The van der Waals surface area contributed by atoms with Gasteiger partial charge in [0.25, 0.3) is 5.91 Å². The number of aromatic nitrogens is 1. The van der Waals surface area contributed by atoms with Crippen LogP contribution in [0.4, 0.5) is 33.3 Å². The van der Waals surface area contributed by atoms with E-state index < -0.39 is 18.7 Å². The summed E-state index contributed by atoms with van der Waals surface area (Å²) in [7, 11) is 2.08. The minimum Gasteiger partial charge on any atom is -0.475 e. The molecule has 2 N–H and O–H groups in total. The summed E-state index contributed by atoms with van der Waals surface area (Å²) in [6.45, 7) is 0.971. The Bertz CT molecular complexity index is 1190. The van der Waals surface area contributed by atoms with E-state index in [0.717, 1.165) is 36.4 Å². The van der Waals surface area contributed by atoms with Crippen LogP contribution in [0.1, 0.15) is 16.9 Å². The van der Waals surface area contributed by atoms with Crippen molar-refractivity contribution in [1.82, 2.24) is 9.47 Å². The summed E-state index contributed by atoms with van der Waals surface area (Å²) in [5, 5.41) is 10.7. The fourth-order valence-corrected chi connectivity index (χ4v) is 3.58. The number of fused-ring (bicyclic) bond motifs is 1. The number of alkyl halides is 5. The van der Waals surface area contributed by atoms with Crippen molar-refractivity contribution >= 4 is 34.2 Å². The van der Waals surface area contributed by atoms with E-state index in [2.05, 4.69) is 22.2 Å². The highest BCUT2D eigenvalue weighted by Gasteiger charge is 2.38. The third kappa shape index (κ3) is 6.47. The van der Waals surface area contributed by atoms with E-state index in [0.29, 0.717) is 22.2 Å². The molecule has 7 nitrogen and oxygen atoms in total. The topological polar surface area (TPSA) is 77.8 Å². The van der Waals surface area contributed by atoms with Crippen molar-refractivity contribution in [2.24, 2.45) is 0 Å². The Kier molecular flexibility index (Phi) is 7.95. The predicted molar refractivity (Wildman–Crippen MR) is 121 cm³/mol. The van der Waals surface area contributed by atoms with Gasteiger partial charge in [-0.3, -0.25) is 9.36 Å². The number of likely N-dealkylation sites (N-methyl/N-ethyl adjacent to an activating group) is 1. The van der Waals surface area contributed by atoms with E-state index in [-0.39, 0.29) is 5.91 Å². The molecule has 4 rings (SSSR count). The van der Waals surface area contributed by atoms with E-state index in [9.17, 15) is 26.7 Å². The van der Waals surface area contributed by atoms with Crippen LogP contribution >= 0.6 is 0 Å². The molecule has 188 valence electrons. The van der Waals surface area contributed by atoms with Crippen molar-refractivity contribution in [2.75, 3.05) is 43.4 Å². The van der Waals surface area contributed by atoms with Gasteiger partial charge in [-0.2, -0.15) is 22.0 Å². The summed E-state index contributed by atoms with van der Waals surface area (Å²) in [6.07, 6.45) is -3.73. The van der Waals surface area contributed by atoms with E-state index in [4.69, 9.17) is 9.90 Å². The zero-order valence-corrected chi connectivity index (χ0v) is 18.6. The van der Waals surface area contributed by atoms with Crippen molar-refractivity contribution in [3.63, 3.8) is 0 Å². The normalized spacial score (nSPS) is 14.5. The molecular formula is C23H23F5N4O3. The summed E-state index contributed by atoms with van der Waals surface area (Å²) in [4.78, 5) is 26.3. The number of anilines is 2. The second-order valence-electron chi connectivity index (χ2n) is 7.84. The van der Waals surface area contributed by atoms with Crippen molar-refractivity contribution in [2.45, 2.75) is 12.7 Å². The average Bonchev–Trinajstić information content (AvgIpc) is 3.23. The molecule has 0 aliphatic carbocycles. The minimum absolute atomic E-state index is 0.246. The standard InChI is InChI=1S/C21H22F2N4O.C2HF3O2/c1-25-10-12-26(13-11-25)18-5-3-2-4-17(18)20(28)24-16-7-6-15-8-9-27(21(22)23)19(15)14-16;3-2(4,5)1(6)7/h2-9,14,21H,10-13H2,1H3,(H,24,28);(H,6,7). The fraction of sp³-hybridized carbons (Fsp3) is 0.304. The number of carbonyl (C=O) groups is 2. The summed E-state index contributed by atoms with van der Waals surface area (Å²) >= 11 is 0. The van der Waals surface area contributed by atoms with Crippen LogP contribution < -0.4 is 10.2 Å². The number of hydrogen-bond acceptors (Lipinski definition) is 4. The lowest BCUT2D eigenvalue weighted by atomic mass is 10.1. The van der Waals surface area contributed by atoms with Gasteiger partial charge in [0.05, 0.1) is 11.1 Å². The van der Waals surface area contributed by atoms with Crippen LogP contribution in [0.15, 0.2) is 54.7 Å². The highest BCUT2D eigenvalue weighted by atomic mass is 19.4. The van der Waals surface area contributed by atoms with Crippen LogP contribution in [-0.2, 0) is 4.79 Å². The van der Waals surface area contributed by atoms with Crippen LogP contribution in [-0.4, -0.2) is 65.9 Å². The number of hydrogen-bond donors (Lipinski definition) is 2. The molecule has 0 saturated carbocycles. The van der Waals surface area contributed by atoms with Crippen molar-refractivity contribution in [3.8, 4) is 0 Å². The average molecular weight is 498 g/mol. The smallest absolute Gasteiger partial charge is 0.475 e. The number of carboxylic acid groups (broad SMARTS) is 1. The lowest BCUT2D eigenvalue weighted by Gasteiger charge is -2.35.